The van der Waals surface area contributed by atoms with Gasteiger partial charge in [-0.3, -0.25) is 4.79 Å². The van der Waals surface area contributed by atoms with E-state index in [1.54, 1.807) is 0 Å². The molecular weight excluding hydrogens is 242 g/mol. The van der Waals surface area contributed by atoms with E-state index in [-0.39, 0.29) is 0 Å². The summed E-state index contributed by atoms with van der Waals surface area (Å²) in [4.78, 5) is 10.8. The first-order valence-corrected chi connectivity index (χ1v) is 5.49. The van der Waals surface area contributed by atoms with Crippen molar-refractivity contribution < 1.29 is 4.79 Å². The smallest absolute Gasteiger partial charge is 0.153 e. The third-order valence-electron chi connectivity index (χ3n) is 2.38. The molecule has 0 bridgehead atoms. The Balaban J connectivity index is 3.46. The van der Waals surface area contributed by atoms with Crippen molar-refractivity contribution in [3.63, 3.8) is 0 Å². The van der Waals surface area contributed by atoms with E-state index in [0.29, 0.717) is 11.3 Å². The lowest BCUT2D eigenvalue weighted by Gasteiger charge is -2.12. The van der Waals surface area contributed by atoms with Crippen LogP contribution in [0.15, 0.2) is 10.5 Å². The monoisotopic (exact) mass is 255 g/mol. The number of rotatable bonds is 3. The molecule has 0 atom stereocenters. The summed E-state index contributed by atoms with van der Waals surface area (Å²) in [5.41, 5.74) is 9.29. The Morgan fingerprint density at radius 1 is 1.43 bits per heavy atom. The third kappa shape index (κ3) is 1.82. The topological polar surface area (TPSA) is 43.1 Å². The van der Waals surface area contributed by atoms with Crippen LogP contribution >= 0.6 is 15.9 Å². The highest BCUT2D eigenvalue weighted by Gasteiger charge is 2.11. The second-order valence-electron chi connectivity index (χ2n) is 3.16. The van der Waals surface area contributed by atoms with Crippen LogP contribution in [0.5, 0.6) is 0 Å². The summed E-state index contributed by atoms with van der Waals surface area (Å²) >= 11 is 3.43. The first kappa shape index (κ1) is 11.2. The van der Waals surface area contributed by atoms with Gasteiger partial charge in [-0.2, -0.15) is 0 Å². The van der Waals surface area contributed by atoms with Gasteiger partial charge in [0.15, 0.2) is 6.29 Å². The average molecular weight is 256 g/mol. The molecule has 0 saturated carbocycles. The summed E-state index contributed by atoms with van der Waals surface area (Å²) < 4.78 is 0.854. The Bertz CT molecular complexity index is 361. The molecule has 0 unspecified atom stereocenters. The number of halogens is 1. The number of benzene rings is 1. The van der Waals surface area contributed by atoms with Crippen LogP contribution in [0, 0.1) is 0 Å². The Kier molecular flexibility index (Phi) is 3.69. The molecule has 2 N–H and O–H groups in total. The molecule has 1 aromatic rings. The second kappa shape index (κ2) is 4.60. The Morgan fingerprint density at radius 3 is 2.50 bits per heavy atom. The molecule has 0 aromatic heterocycles. The fraction of sp³-hybridized carbons (Fsp3) is 0.364. The van der Waals surface area contributed by atoms with Crippen LogP contribution < -0.4 is 5.73 Å². The highest BCUT2D eigenvalue weighted by atomic mass is 79.9. The van der Waals surface area contributed by atoms with Gasteiger partial charge in [0.1, 0.15) is 0 Å². The molecule has 0 heterocycles. The quantitative estimate of drug-likeness (QED) is 0.667. The third-order valence-corrected chi connectivity index (χ3v) is 3.29. The number of hydrogen-bond donors (Lipinski definition) is 1. The van der Waals surface area contributed by atoms with Crippen molar-refractivity contribution in [2.75, 3.05) is 5.73 Å². The molecule has 3 heteroatoms. The van der Waals surface area contributed by atoms with Crippen LogP contribution in [-0.2, 0) is 12.8 Å². The summed E-state index contributed by atoms with van der Waals surface area (Å²) in [6.07, 6.45) is 2.65. The van der Waals surface area contributed by atoms with Crippen molar-refractivity contribution in [1.82, 2.24) is 0 Å². The molecule has 2 nitrogen and oxygen atoms in total. The normalized spacial score (nSPS) is 10.2. The first-order valence-electron chi connectivity index (χ1n) is 4.70. The van der Waals surface area contributed by atoms with E-state index in [1.165, 1.54) is 11.1 Å². The standard InChI is InChI=1S/C11H14BrNO/c1-3-7-5-10(13)9(6-14)11(12)8(7)4-2/h5-6H,3-4,13H2,1-2H3. The van der Waals surface area contributed by atoms with E-state index >= 15 is 0 Å². The summed E-state index contributed by atoms with van der Waals surface area (Å²) in [7, 11) is 0. The average Bonchev–Trinajstić information content (AvgIpc) is 2.17. The maximum absolute atomic E-state index is 10.8. The number of carbonyl (C=O) groups is 1. The van der Waals surface area contributed by atoms with E-state index < -0.39 is 0 Å². The predicted octanol–water partition coefficient (Wildman–Crippen LogP) is 2.97. The van der Waals surface area contributed by atoms with Crippen LogP contribution in [0.3, 0.4) is 0 Å². The van der Waals surface area contributed by atoms with Gasteiger partial charge in [0.05, 0.1) is 5.56 Å². The predicted molar refractivity (Wildman–Crippen MR) is 62.7 cm³/mol. The van der Waals surface area contributed by atoms with Crippen molar-refractivity contribution >= 4 is 27.9 Å². The van der Waals surface area contributed by atoms with Gasteiger partial charge < -0.3 is 5.73 Å². The van der Waals surface area contributed by atoms with Gasteiger partial charge in [0, 0.05) is 10.2 Å². The number of carbonyl (C=O) groups excluding carboxylic acids is 1. The molecule has 0 aliphatic rings. The Labute approximate surface area is 92.6 Å². The Morgan fingerprint density at radius 2 is 2.07 bits per heavy atom. The number of nitrogen functional groups attached to an aromatic ring is 1. The van der Waals surface area contributed by atoms with E-state index in [4.69, 9.17) is 5.73 Å². The minimum absolute atomic E-state index is 0.556. The second-order valence-corrected chi connectivity index (χ2v) is 3.95. The van der Waals surface area contributed by atoms with E-state index in [9.17, 15) is 4.79 Å². The number of aldehydes is 1. The van der Waals surface area contributed by atoms with Gasteiger partial charge in [-0.25, -0.2) is 0 Å². The number of aryl methyl sites for hydroxylation is 1. The van der Waals surface area contributed by atoms with Crippen LogP contribution in [0.25, 0.3) is 0 Å². The van der Waals surface area contributed by atoms with Crippen molar-refractivity contribution in [1.29, 1.82) is 0 Å². The van der Waals surface area contributed by atoms with Crippen LogP contribution in [0.1, 0.15) is 35.3 Å². The zero-order valence-electron chi connectivity index (χ0n) is 8.43. The van der Waals surface area contributed by atoms with Crippen LogP contribution in [0.2, 0.25) is 0 Å². The first-order chi connectivity index (χ1) is 6.65. The lowest BCUT2D eigenvalue weighted by Crippen LogP contribution is -2.01. The van der Waals surface area contributed by atoms with Gasteiger partial charge in [0.2, 0.25) is 0 Å². The molecule has 1 rings (SSSR count). The van der Waals surface area contributed by atoms with Crippen molar-refractivity contribution in [3.8, 4) is 0 Å². The molecule has 1 aromatic carbocycles. The molecule has 0 saturated heterocycles. The number of nitrogens with two attached hydrogens (primary N) is 1. The summed E-state index contributed by atoms with van der Waals surface area (Å²) in [5.74, 6) is 0. The summed E-state index contributed by atoms with van der Waals surface area (Å²) in [5, 5.41) is 0. The lowest BCUT2D eigenvalue weighted by atomic mass is 9.99. The molecule has 14 heavy (non-hydrogen) atoms. The highest BCUT2D eigenvalue weighted by Crippen LogP contribution is 2.29. The minimum Gasteiger partial charge on any atom is -0.398 e. The summed E-state index contributed by atoms with van der Waals surface area (Å²) in [6.45, 7) is 4.16. The molecule has 76 valence electrons. The summed E-state index contributed by atoms with van der Waals surface area (Å²) in [6, 6.07) is 1.90. The van der Waals surface area contributed by atoms with Gasteiger partial charge >= 0.3 is 0 Å². The lowest BCUT2D eigenvalue weighted by molar-refractivity contribution is 0.112. The maximum Gasteiger partial charge on any atom is 0.153 e. The van der Waals surface area contributed by atoms with Crippen LogP contribution in [0.4, 0.5) is 5.69 Å². The van der Waals surface area contributed by atoms with E-state index in [2.05, 4.69) is 29.8 Å². The van der Waals surface area contributed by atoms with Gasteiger partial charge in [-0.05, 0) is 46.0 Å². The molecule has 0 spiro atoms. The Hall–Kier alpha value is -0.830. The fourth-order valence-electron chi connectivity index (χ4n) is 1.60. The largest absolute Gasteiger partial charge is 0.398 e. The molecular formula is C11H14BrNO. The molecule has 0 aliphatic carbocycles. The zero-order valence-corrected chi connectivity index (χ0v) is 10.0. The molecule has 0 aliphatic heterocycles. The fourth-order valence-corrected chi connectivity index (χ4v) is 2.46. The van der Waals surface area contributed by atoms with Crippen molar-refractivity contribution in [3.05, 3.63) is 27.2 Å². The SMILES string of the molecule is CCc1cc(N)c(C=O)c(Br)c1CC. The van der Waals surface area contributed by atoms with Crippen molar-refractivity contribution in [2.45, 2.75) is 26.7 Å². The van der Waals surface area contributed by atoms with Crippen molar-refractivity contribution in [2.24, 2.45) is 0 Å². The van der Waals surface area contributed by atoms with E-state index in [1.807, 2.05) is 6.07 Å². The molecule has 0 radical (unpaired) electrons. The van der Waals surface area contributed by atoms with Gasteiger partial charge in [0.25, 0.3) is 0 Å². The number of anilines is 1. The van der Waals surface area contributed by atoms with Gasteiger partial charge in [-0.1, -0.05) is 13.8 Å². The van der Waals surface area contributed by atoms with Gasteiger partial charge in [-0.15, -0.1) is 0 Å². The molecule has 0 fully saturated rings. The maximum atomic E-state index is 10.8. The highest BCUT2D eigenvalue weighted by molar-refractivity contribution is 9.10. The minimum atomic E-state index is 0.556. The zero-order chi connectivity index (χ0) is 10.7. The van der Waals surface area contributed by atoms with E-state index in [0.717, 1.165) is 23.6 Å². The van der Waals surface area contributed by atoms with Crippen LogP contribution in [-0.4, -0.2) is 6.29 Å². The molecule has 0 amide bonds. The number of hydrogen-bond acceptors (Lipinski definition) is 2.